The number of nitrogens with one attached hydrogen (secondary N) is 1. The van der Waals surface area contributed by atoms with E-state index < -0.39 is 0 Å². The maximum Gasteiger partial charge on any atom is 0.0375 e. The molecule has 1 fully saturated rings. The molecular formula is C5H12N2S2. The quantitative estimate of drug-likeness (QED) is 0.463. The molecule has 0 aromatic heterocycles. The molecular weight excluding hydrogens is 152 g/mol. The third-order valence-electron chi connectivity index (χ3n) is 1.15. The van der Waals surface area contributed by atoms with Gasteiger partial charge in [-0.05, 0) is 0 Å². The van der Waals surface area contributed by atoms with Crippen molar-refractivity contribution in [2.75, 3.05) is 25.4 Å². The van der Waals surface area contributed by atoms with Crippen LogP contribution in [-0.4, -0.2) is 30.6 Å². The van der Waals surface area contributed by atoms with E-state index >= 15 is 0 Å². The molecule has 0 bridgehead atoms. The van der Waals surface area contributed by atoms with Gasteiger partial charge in [-0.2, -0.15) is 0 Å². The second-order valence-corrected chi connectivity index (χ2v) is 4.71. The fourth-order valence-corrected chi connectivity index (χ4v) is 2.44. The Bertz CT molecular complexity index is 75.4. The van der Waals surface area contributed by atoms with E-state index in [0.29, 0.717) is 0 Å². The number of rotatable bonds is 4. The second-order valence-electron chi connectivity index (χ2n) is 2.00. The minimum atomic E-state index is 0.754. The lowest BCUT2D eigenvalue weighted by atomic mass is 10.4. The van der Waals surface area contributed by atoms with Gasteiger partial charge in [0.05, 0.1) is 0 Å². The van der Waals surface area contributed by atoms with E-state index in [9.17, 15) is 0 Å². The summed E-state index contributed by atoms with van der Waals surface area (Å²) in [6.07, 6.45) is 0. The first kappa shape index (κ1) is 7.72. The summed E-state index contributed by atoms with van der Waals surface area (Å²) in [6.45, 7) is 2.85. The highest BCUT2D eigenvalue weighted by atomic mass is 33.1. The zero-order valence-electron chi connectivity index (χ0n) is 5.30. The van der Waals surface area contributed by atoms with Crippen molar-refractivity contribution in [2.45, 2.75) is 5.25 Å². The van der Waals surface area contributed by atoms with Crippen molar-refractivity contribution in [3.8, 4) is 0 Å². The number of hydrogen-bond acceptors (Lipinski definition) is 4. The molecule has 1 heterocycles. The zero-order valence-corrected chi connectivity index (χ0v) is 6.93. The number of nitrogens with two attached hydrogens (primary N) is 1. The molecule has 4 heteroatoms. The molecule has 0 radical (unpaired) electrons. The van der Waals surface area contributed by atoms with E-state index in [4.69, 9.17) is 5.73 Å². The standard InChI is InChI=1S/C5H12N2S2/c6-1-2-7-3-5-4-8-9-5/h5,7H,1-4,6H2. The molecule has 0 spiro atoms. The summed E-state index contributed by atoms with van der Waals surface area (Å²) >= 11 is 0. The molecule has 0 saturated carbocycles. The van der Waals surface area contributed by atoms with Gasteiger partial charge in [0.1, 0.15) is 0 Å². The topological polar surface area (TPSA) is 38.0 Å². The van der Waals surface area contributed by atoms with Crippen LogP contribution >= 0.6 is 21.6 Å². The number of hydrogen-bond donors (Lipinski definition) is 2. The second kappa shape index (κ2) is 4.44. The SMILES string of the molecule is NCCNCC1CSS1. The Morgan fingerprint density at radius 2 is 2.44 bits per heavy atom. The van der Waals surface area contributed by atoms with Crippen LogP contribution in [-0.2, 0) is 0 Å². The molecule has 1 unspecified atom stereocenters. The van der Waals surface area contributed by atoms with Crippen molar-refractivity contribution in [3.63, 3.8) is 0 Å². The molecule has 1 saturated heterocycles. The van der Waals surface area contributed by atoms with Gasteiger partial charge < -0.3 is 11.1 Å². The van der Waals surface area contributed by atoms with Crippen molar-refractivity contribution in [1.29, 1.82) is 0 Å². The van der Waals surface area contributed by atoms with E-state index in [0.717, 1.165) is 24.9 Å². The predicted molar refractivity (Wildman–Crippen MR) is 45.8 cm³/mol. The lowest BCUT2D eigenvalue weighted by Crippen LogP contribution is -2.32. The van der Waals surface area contributed by atoms with E-state index in [2.05, 4.69) is 5.32 Å². The summed E-state index contributed by atoms with van der Waals surface area (Å²) in [6, 6.07) is 0. The highest BCUT2D eigenvalue weighted by Crippen LogP contribution is 2.39. The van der Waals surface area contributed by atoms with E-state index in [1.54, 1.807) is 0 Å². The zero-order chi connectivity index (χ0) is 6.53. The fraction of sp³-hybridized carbons (Fsp3) is 1.00. The average molecular weight is 164 g/mol. The van der Waals surface area contributed by atoms with Crippen LogP contribution in [0.1, 0.15) is 0 Å². The van der Waals surface area contributed by atoms with Gasteiger partial charge in [-0.1, -0.05) is 21.6 Å². The lowest BCUT2D eigenvalue weighted by molar-refractivity contribution is 0.688. The van der Waals surface area contributed by atoms with Gasteiger partial charge >= 0.3 is 0 Å². The molecule has 1 aliphatic heterocycles. The minimum Gasteiger partial charge on any atom is -0.329 e. The van der Waals surface area contributed by atoms with Crippen LogP contribution in [0.25, 0.3) is 0 Å². The third kappa shape index (κ3) is 2.80. The Morgan fingerprint density at radius 1 is 1.67 bits per heavy atom. The van der Waals surface area contributed by atoms with Crippen LogP contribution in [0.2, 0.25) is 0 Å². The maximum atomic E-state index is 5.30. The highest BCUT2D eigenvalue weighted by Gasteiger charge is 2.17. The van der Waals surface area contributed by atoms with Gasteiger partial charge in [-0.15, -0.1) is 0 Å². The largest absolute Gasteiger partial charge is 0.329 e. The minimum absolute atomic E-state index is 0.754. The Kier molecular flexibility index (Phi) is 3.81. The smallest absolute Gasteiger partial charge is 0.0375 e. The highest BCUT2D eigenvalue weighted by molar-refractivity contribution is 8.79. The van der Waals surface area contributed by atoms with Crippen LogP contribution in [0.4, 0.5) is 0 Å². The van der Waals surface area contributed by atoms with Crippen molar-refractivity contribution in [3.05, 3.63) is 0 Å². The van der Waals surface area contributed by atoms with E-state index in [-0.39, 0.29) is 0 Å². The van der Waals surface area contributed by atoms with E-state index in [1.165, 1.54) is 5.75 Å². The summed E-state index contributed by atoms with van der Waals surface area (Å²) in [5.74, 6) is 1.31. The van der Waals surface area contributed by atoms with Crippen LogP contribution in [0, 0.1) is 0 Å². The monoisotopic (exact) mass is 164 g/mol. The van der Waals surface area contributed by atoms with Gasteiger partial charge in [0.25, 0.3) is 0 Å². The van der Waals surface area contributed by atoms with Gasteiger partial charge in [-0.3, -0.25) is 0 Å². The molecule has 3 N–H and O–H groups in total. The van der Waals surface area contributed by atoms with Crippen molar-refractivity contribution >= 4 is 21.6 Å². The molecule has 2 nitrogen and oxygen atoms in total. The van der Waals surface area contributed by atoms with E-state index in [1.807, 2.05) is 21.6 Å². The van der Waals surface area contributed by atoms with Crippen molar-refractivity contribution in [2.24, 2.45) is 5.73 Å². The van der Waals surface area contributed by atoms with Crippen molar-refractivity contribution in [1.82, 2.24) is 5.32 Å². The molecule has 1 atom stereocenters. The Morgan fingerprint density at radius 3 is 2.89 bits per heavy atom. The molecule has 1 rings (SSSR count). The molecule has 0 amide bonds. The van der Waals surface area contributed by atoms with Gasteiger partial charge in [0.2, 0.25) is 0 Å². The molecule has 0 aliphatic carbocycles. The normalized spacial score (nSPS) is 25.7. The van der Waals surface area contributed by atoms with Crippen LogP contribution in [0.3, 0.4) is 0 Å². The molecule has 54 valence electrons. The predicted octanol–water partition coefficient (Wildman–Crippen LogP) is 0.298. The Hall–Kier alpha value is 0.620. The molecule has 1 aliphatic rings. The molecule has 0 aromatic rings. The fourth-order valence-electron chi connectivity index (χ4n) is 0.622. The Balaban J connectivity index is 1.80. The van der Waals surface area contributed by atoms with Gasteiger partial charge in [0, 0.05) is 30.6 Å². The summed E-state index contributed by atoms with van der Waals surface area (Å²) < 4.78 is 0. The summed E-state index contributed by atoms with van der Waals surface area (Å²) in [4.78, 5) is 0. The third-order valence-corrected chi connectivity index (χ3v) is 4.28. The summed E-state index contributed by atoms with van der Waals surface area (Å²) in [5, 5.41) is 4.13. The van der Waals surface area contributed by atoms with Gasteiger partial charge in [0.15, 0.2) is 0 Å². The first-order valence-electron chi connectivity index (χ1n) is 3.12. The molecule has 0 aromatic carbocycles. The van der Waals surface area contributed by atoms with Crippen LogP contribution < -0.4 is 11.1 Å². The maximum absolute atomic E-state index is 5.30. The van der Waals surface area contributed by atoms with Crippen molar-refractivity contribution < 1.29 is 0 Å². The van der Waals surface area contributed by atoms with Crippen LogP contribution in [0.15, 0.2) is 0 Å². The van der Waals surface area contributed by atoms with Crippen LogP contribution in [0.5, 0.6) is 0 Å². The lowest BCUT2D eigenvalue weighted by Gasteiger charge is -2.23. The average Bonchev–Trinajstić information content (AvgIpc) is 1.76. The Labute approximate surface area is 63.7 Å². The first-order chi connectivity index (χ1) is 4.43. The van der Waals surface area contributed by atoms with Gasteiger partial charge in [-0.25, -0.2) is 0 Å². The summed E-state index contributed by atoms with van der Waals surface area (Å²) in [7, 11) is 3.92. The molecule has 9 heavy (non-hydrogen) atoms. The summed E-state index contributed by atoms with van der Waals surface area (Å²) in [5.41, 5.74) is 5.30. The first-order valence-corrected chi connectivity index (χ1v) is 5.50.